The van der Waals surface area contributed by atoms with Gasteiger partial charge in [-0.1, -0.05) is 6.92 Å². The molecule has 0 fully saturated rings. The van der Waals surface area contributed by atoms with E-state index >= 15 is 0 Å². The van der Waals surface area contributed by atoms with Crippen LogP contribution in [0.25, 0.3) is 0 Å². The maximum atomic E-state index is 13.6. The number of nitrogens with zero attached hydrogens (tertiary/aromatic N) is 1. The summed E-state index contributed by atoms with van der Waals surface area (Å²) in [5.74, 6) is -3.05. The van der Waals surface area contributed by atoms with Crippen molar-refractivity contribution in [2.75, 3.05) is 13.1 Å². The summed E-state index contributed by atoms with van der Waals surface area (Å²) in [7, 11) is 0. The molecule has 0 atom stereocenters. The molecule has 1 aromatic rings. The summed E-state index contributed by atoms with van der Waals surface area (Å²) < 4.78 is 32.2. The predicted molar refractivity (Wildman–Crippen MR) is 82.4 cm³/mol. The number of ether oxygens (including phenoxy) is 1. The molecule has 0 spiro atoms. The Morgan fingerprint density at radius 3 is 2.59 bits per heavy atom. The van der Waals surface area contributed by atoms with Crippen LogP contribution in [0.2, 0.25) is 0 Å². The summed E-state index contributed by atoms with van der Waals surface area (Å²) >= 11 is 1.50. The maximum absolute atomic E-state index is 13.6. The van der Waals surface area contributed by atoms with E-state index in [0.29, 0.717) is 6.54 Å². The van der Waals surface area contributed by atoms with Crippen molar-refractivity contribution >= 4 is 17.4 Å². The van der Waals surface area contributed by atoms with E-state index < -0.39 is 30.7 Å². The van der Waals surface area contributed by atoms with Crippen LogP contribution >= 0.6 is 11.3 Å². The molecule has 1 amide bonds. The van der Waals surface area contributed by atoms with Gasteiger partial charge in [-0.25, -0.2) is 18.6 Å². The molecule has 0 aliphatic heterocycles. The van der Waals surface area contributed by atoms with Crippen LogP contribution in [-0.4, -0.2) is 35.7 Å². The first-order chi connectivity index (χ1) is 10.1. The number of nitrogens with one attached hydrogen (secondary N) is 2. The average Bonchev–Trinajstić information content (AvgIpc) is 2.82. The third-order valence-electron chi connectivity index (χ3n) is 2.48. The van der Waals surface area contributed by atoms with Gasteiger partial charge >= 0.3 is 6.09 Å². The zero-order chi connectivity index (χ0) is 16.8. The van der Waals surface area contributed by atoms with Crippen molar-refractivity contribution in [1.82, 2.24) is 15.6 Å². The Balaban J connectivity index is 2.29. The zero-order valence-electron chi connectivity index (χ0n) is 13.3. The molecule has 0 aliphatic carbocycles. The molecule has 5 nitrogen and oxygen atoms in total. The fraction of sp³-hybridized carbons (Fsp3) is 0.714. The molecule has 1 heterocycles. The molecular weight excluding hydrogens is 312 g/mol. The van der Waals surface area contributed by atoms with Gasteiger partial charge in [0.25, 0.3) is 5.92 Å². The summed E-state index contributed by atoms with van der Waals surface area (Å²) in [5, 5.41) is 5.74. The number of rotatable bonds is 7. The number of aromatic nitrogens is 1. The van der Waals surface area contributed by atoms with Crippen molar-refractivity contribution in [3.63, 3.8) is 0 Å². The Morgan fingerprint density at radius 2 is 2.05 bits per heavy atom. The zero-order valence-corrected chi connectivity index (χ0v) is 14.2. The highest BCUT2D eigenvalue weighted by Gasteiger charge is 2.30. The Kier molecular flexibility index (Phi) is 6.67. The van der Waals surface area contributed by atoms with Crippen LogP contribution in [0.5, 0.6) is 0 Å². The molecule has 126 valence electrons. The van der Waals surface area contributed by atoms with E-state index in [4.69, 9.17) is 4.74 Å². The number of alkyl halides is 2. The van der Waals surface area contributed by atoms with E-state index in [1.807, 2.05) is 6.92 Å². The van der Waals surface area contributed by atoms with Crippen molar-refractivity contribution in [3.8, 4) is 0 Å². The molecule has 0 saturated heterocycles. The first-order valence-corrected chi connectivity index (χ1v) is 7.92. The second-order valence-corrected chi connectivity index (χ2v) is 7.09. The summed E-state index contributed by atoms with van der Waals surface area (Å²) in [6.07, 6.45) is 1.68. The van der Waals surface area contributed by atoms with Crippen LogP contribution in [0.1, 0.15) is 37.6 Å². The van der Waals surface area contributed by atoms with E-state index in [0.717, 1.165) is 16.3 Å². The quantitative estimate of drug-likeness (QED) is 0.804. The highest BCUT2D eigenvalue weighted by Crippen LogP contribution is 2.15. The fourth-order valence-corrected chi connectivity index (χ4v) is 2.37. The summed E-state index contributed by atoms with van der Waals surface area (Å²) in [5.41, 5.74) is -0.708. The van der Waals surface area contributed by atoms with Crippen molar-refractivity contribution in [3.05, 3.63) is 16.1 Å². The van der Waals surface area contributed by atoms with Crippen LogP contribution < -0.4 is 10.6 Å². The SMILES string of the molecule is CCc1ncc(CNCC(F)(F)CNC(=O)OC(C)(C)C)s1. The monoisotopic (exact) mass is 335 g/mol. The van der Waals surface area contributed by atoms with Crippen molar-refractivity contribution in [2.45, 2.75) is 52.2 Å². The van der Waals surface area contributed by atoms with Gasteiger partial charge in [-0.15, -0.1) is 11.3 Å². The minimum Gasteiger partial charge on any atom is -0.444 e. The van der Waals surface area contributed by atoms with E-state index in [1.54, 1.807) is 27.0 Å². The van der Waals surface area contributed by atoms with Gasteiger partial charge < -0.3 is 15.4 Å². The number of hydrogen-bond acceptors (Lipinski definition) is 5. The maximum Gasteiger partial charge on any atom is 0.407 e. The van der Waals surface area contributed by atoms with E-state index in [-0.39, 0.29) is 0 Å². The number of thiazole rings is 1. The summed E-state index contributed by atoms with van der Waals surface area (Å²) in [6, 6.07) is 0. The highest BCUT2D eigenvalue weighted by molar-refractivity contribution is 7.11. The minimum atomic E-state index is -3.05. The van der Waals surface area contributed by atoms with Crippen molar-refractivity contribution in [2.24, 2.45) is 0 Å². The normalized spacial score (nSPS) is 12.3. The molecule has 1 aromatic heterocycles. The molecule has 0 saturated carbocycles. The molecule has 2 N–H and O–H groups in total. The third-order valence-corrected chi connectivity index (χ3v) is 3.62. The second-order valence-electron chi connectivity index (χ2n) is 5.89. The molecule has 0 aromatic carbocycles. The average molecular weight is 335 g/mol. The number of amides is 1. The van der Waals surface area contributed by atoms with Crippen molar-refractivity contribution in [1.29, 1.82) is 0 Å². The summed E-state index contributed by atoms with van der Waals surface area (Å²) in [4.78, 5) is 16.4. The topological polar surface area (TPSA) is 63.2 Å². The fourth-order valence-electron chi connectivity index (χ4n) is 1.54. The number of hydrogen-bond donors (Lipinski definition) is 2. The van der Waals surface area contributed by atoms with Gasteiger partial charge in [-0.05, 0) is 27.2 Å². The van der Waals surface area contributed by atoms with Crippen LogP contribution in [0.4, 0.5) is 13.6 Å². The Hall–Kier alpha value is -1.28. The molecule has 0 bridgehead atoms. The van der Waals surface area contributed by atoms with Gasteiger partial charge in [0.15, 0.2) is 0 Å². The molecule has 8 heteroatoms. The summed E-state index contributed by atoms with van der Waals surface area (Å²) in [6.45, 7) is 6.05. The first-order valence-electron chi connectivity index (χ1n) is 7.10. The number of aryl methyl sites for hydroxylation is 1. The third kappa shape index (κ3) is 7.65. The van der Waals surface area contributed by atoms with Crippen LogP contribution in [0, 0.1) is 0 Å². The van der Waals surface area contributed by atoms with E-state index in [1.165, 1.54) is 11.3 Å². The van der Waals surface area contributed by atoms with Gasteiger partial charge in [-0.2, -0.15) is 0 Å². The Bertz CT molecular complexity index is 487. The molecule has 22 heavy (non-hydrogen) atoms. The second kappa shape index (κ2) is 7.82. The smallest absolute Gasteiger partial charge is 0.407 e. The number of carbonyl (C=O) groups is 1. The Labute approximate surface area is 133 Å². The largest absolute Gasteiger partial charge is 0.444 e. The van der Waals surface area contributed by atoms with Gasteiger partial charge in [-0.3, -0.25) is 0 Å². The highest BCUT2D eigenvalue weighted by atomic mass is 32.1. The van der Waals surface area contributed by atoms with Gasteiger partial charge in [0.05, 0.1) is 18.1 Å². The lowest BCUT2D eigenvalue weighted by atomic mass is 10.2. The predicted octanol–water partition coefficient (Wildman–Crippen LogP) is 2.96. The van der Waals surface area contributed by atoms with Crippen LogP contribution in [-0.2, 0) is 17.7 Å². The van der Waals surface area contributed by atoms with E-state index in [9.17, 15) is 13.6 Å². The van der Waals surface area contributed by atoms with Crippen LogP contribution in [0.15, 0.2) is 6.20 Å². The molecule has 0 radical (unpaired) electrons. The number of halogens is 2. The van der Waals surface area contributed by atoms with Gasteiger partial charge in [0, 0.05) is 17.6 Å². The molecule has 0 unspecified atom stereocenters. The Morgan fingerprint density at radius 1 is 1.36 bits per heavy atom. The van der Waals surface area contributed by atoms with Gasteiger partial charge in [0.1, 0.15) is 5.60 Å². The first kappa shape index (κ1) is 18.8. The van der Waals surface area contributed by atoms with Crippen molar-refractivity contribution < 1.29 is 18.3 Å². The lowest BCUT2D eigenvalue weighted by Crippen LogP contribution is -2.44. The molecule has 1 rings (SSSR count). The lowest BCUT2D eigenvalue weighted by molar-refractivity contribution is -0.00372. The number of carbonyl (C=O) groups excluding carboxylic acids is 1. The van der Waals surface area contributed by atoms with E-state index in [2.05, 4.69) is 15.6 Å². The molecule has 0 aliphatic rings. The van der Waals surface area contributed by atoms with Gasteiger partial charge in [0.2, 0.25) is 0 Å². The molecular formula is C14H23F2N3O2S. The lowest BCUT2D eigenvalue weighted by Gasteiger charge is -2.22. The standard InChI is InChI=1S/C14H23F2N3O2S/c1-5-11-18-7-10(22-11)6-17-8-14(15,16)9-19-12(20)21-13(2,3)4/h7,17H,5-6,8-9H2,1-4H3,(H,19,20). The number of alkyl carbamates (subject to hydrolysis) is 1. The minimum absolute atomic E-state index is 0.333. The van der Waals surface area contributed by atoms with Crippen LogP contribution in [0.3, 0.4) is 0 Å².